The molecule has 0 amide bonds. The molecule has 1 N–H and O–H groups in total. The van der Waals surface area contributed by atoms with Gasteiger partial charge in [-0.3, -0.25) is 4.90 Å². The lowest BCUT2D eigenvalue weighted by Gasteiger charge is -2.36. The molecule has 1 aliphatic heterocycles. The zero-order chi connectivity index (χ0) is 14.7. The largest absolute Gasteiger partial charge is 0.314 e. The van der Waals surface area contributed by atoms with Crippen molar-refractivity contribution in [3.05, 3.63) is 70.5 Å². The Kier molecular flexibility index (Phi) is 4.54. The summed E-state index contributed by atoms with van der Waals surface area (Å²) in [6.07, 6.45) is 0. The molecule has 2 nitrogen and oxygen atoms in total. The third-order valence-corrected chi connectivity index (χ3v) is 4.24. The van der Waals surface area contributed by atoms with Crippen molar-refractivity contribution >= 4 is 11.6 Å². The monoisotopic (exact) mass is 304 g/mol. The van der Waals surface area contributed by atoms with Gasteiger partial charge in [-0.2, -0.15) is 0 Å². The quantitative estimate of drug-likeness (QED) is 0.931. The van der Waals surface area contributed by atoms with Gasteiger partial charge in [0.2, 0.25) is 0 Å². The molecule has 0 saturated carbocycles. The van der Waals surface area contributed by atoms with Crippen molar-refractivity contribution in [2.45, 2.75) is 12.6 Å². The van der Waals surface area contributed by atoms with Crippen molar-refractivity contribution in [3.8, 4) is 0 Å². The molecule has 1 saturated heterocycles. The number of nitrogens with one attached hydrogen (secondary N) is 1. The van der Waals surface area contributed by atoms with Crippen LogP contribution in [-0.4, -0.2) is 24.5 Å². The summed E-state index contributed by atoms with van der Waals surface area (Å²) in [5.74, 6) is -0.301. The number of hydrogen-bond acceptors (Lipinski definition) is 2. The predicted octanol–water partition coefficient (Wildman–Crippen LogP) is 3.63. The normalized spacial score (nSPS) is 19.6. The highest BCUT2D eigenvalue weighted by molar-refractivity contribution is 6.30. The molecule has 1 aliphatic rings. The number of hydrogen-bond donors (Lipinski definition) is 1. The van der Waals surface area contributed by atoms with E-state index in [2.05, 4.69) is 22.3 Å². The van der Waals surface area contributed by atoms with Crippen molar-refractivity contribution in [3.63, 3.8) is 0 Å². The molecular weight excluding hydrogens is 287 g/mol. The van der Waals surface area contributed by atoms with Gasteiger partial charge in [0.1, 0.15) is 5.82 Å². The molecule has 110 valence electrons. The van der Waals surface area contributed by atoms with Crippen LogP contribution in [0.2, 0.25) is 5.02 Å². The van der Waals surface area contributed by atoms with E-state index in [0.29, 0.717) is 12.1 Å². The predicted molar refractivity (Wildman–Crippen MR) is 83.9 cm³/mol. The van der Waals surface area contributed by atoms with Crippen molar-refractivity contribution in [2.24, 2.45) is 0 Å². The first-order valence-corrected chi connectivity index (χ1v) is 7.56. The van der Waals surface area contributed by atoms with Crippen LogP contribution in [-0.2, 0) is 6.54 Å². The zero-order valence-corrected chi connectivity index (χ0v) is 12.5. The summed E-state index contributed by atoms with van der Waals surface area (Å²) >= 11 is 5.88. The van der Waals surface area contributed by atoms with Gasteiger partial charge in [-0.25, -0.2) is 4.39 Å². The van der Waals surface area contributed by atoms with Crippen LogP contribution in [0.15, 0.2) is 48.5 Å². The number of rotatable bonds is 3. The molecule has 0 radical (unpaired) electrons. The number of halogens is 2. The lowest BCUT2D eigenvalue weighted by atomic mass is 10.0. The maximum Gasteiger partial charge on any atom is 0.146 e. The zero-order valence-electron chi connectivity index (χ0n) is 11.7. The average Bonchev–Trinajstić information content (AvgIpc) is 2.53. The third-order valence-electron chi connectivity index (χ3n) is 3.94. The van der Waals surface area contributed by atoms with Crippen LogP contribution < -0.4 is 5.32 Å². The van der Waals surface area contributed by atoms with E-state index in [4.69, 9.17) is 11.6 Å². The van der Waals surface area contributed by atoms with E-state index in [0.717, 1.165) is 19.6 Å². The Bertz CT molecular complexity index is 603. The van der Waals surface area contributed by atoms with Gasteiger partial charge in [-0.05, 0) is 11.6 Å². The van der Waals surface area contributed by atoms with Gasteiger partial charge in [0, 0.05) is 37.8 Å². The highest BCUT2D eigenvalue weighted by atomic mass is 35.5. The van der Waals surface area contributed by atoms with Crippen molar-refractivity contribution in [1.82, 2.24) is 10.2 Å². The van der Waals surface area contributed by atoms with E-state index < -0.39 is 0 Å². The Morgan fingerprint density at radius 1 is 1.14 bits per heavy atom. The summed E-state index contributed by atoms with van der Waals surface area (Å²) in [6.45, 7) is 3.27. The van der Waals surface area contributed by atoms with Crippen molar-refractivity contribution < 1.29 is 4.39 Å². The second kappa shape index (κ2) is 6.56. The molecule has 2 aromatic rings. The fraction of sp³-hybridized carbons (Fsp3) is 0.294. The summed E-state index contributed by atoms with van der Waals surface area (Å²) in [6, 6.07) is 15.8. The number of nitrogens with zero attached hydrogens (tertiary/aromatic N) is 1. The van der Waals surface area contributed by atoms with Crippen LogP contribution in [0.25, 0.3) is 0 Å². The SMILES string of the molecule is Fc1c(Cl)cccc1CN1CCNCC1c1ccccc1. The Hall–Kier alpha value is -1.42. The molecule has 0 spiro atoms. The van der Waals surface area contributed by atoms with Crippen LogP contribution >= 0.6 is 11.6 Å². The lowest BCUT2D eigenvalue weighted by molar-refractivity contribution is 0.152. The van der Waals surface area contributed by atoms with E-state index in [1.807, 2.05) is 24.3 Å². The van der Waals surface area contributed by atoms with Gasteiger partial charge in [0.05, 0.1) is 5.02 Å². The van der Waals surface area contributed by atoms with Crippen LogP contribution in [0.1, 0.15) is 17.2 Å². The minimum absolute atomic E-state index is 0.193. The first-order chi connectivity index (χ1) is 10.3. The summed E-state index contributed by atoms with van der Waals surface area (Å²) in [5.41, 5.74) is 1.91. The highest BCUT2D eigenvalue weighted by Crippen LogP contribution is 2.26. The van der Waals surface area contributed by atoms with E-state index >= 15 is 0 Å². The Labute approximate surface area is 129 Å². The van der Waals surface area contributed by atoms with Crippen molar-refractivity contribution in [1.29, 1.82) is 0 Å². The third kappa shape index (κ3) is 3.26. The first-order valence-electron chi connectivity index (χ1n) is 7.18. The smallest absolute Gasteiger partial charge is 0.146 e. The summed E-state index contributed by atoms with van der Waals surface area (Å²) in [4.78, 5) is 2.31. The fourth-order valence-corrected chi connectivity index (χ4v) is 3.02. The van der Waals surface area contributed by atoms with Gasteiger partial charge in [0.15, 0.2) is 0 Å². The summed E-state index contributed by atoms with van der Waals surface area (Å²) < 4.78 is 14.1. The molecule has 0 aromatic heterocycles. The summed E-state index contributed by atoms with van der Waals surface area (Å²) in [7, 11) is 0. The average molecular weight is 305 g/mol. The maximum absolute atomic E-state index is 14.1. The minimum Gasteiger partial charge on any atom is -0.314 e. The molecule has 4 heteroatoms. The Morgan fingerprint density at radius 2 is 1.95 bits per heavy atom. The Balaban J connectivity index is 1.83. The molecular formula is C17H18ClFN2. The molecule has 21 heavy (non-hydrogen) atoms. The Morgan fingerprint density at radius 3 is 2.76 bits per heavy atom. The van der Waals surface area contributed by atoms with E-state index in [-0.39, 0.29) is 16.9 Å². The standard InChI is InChI=1S/C17H18ClFN2/c18-15-8-4-7-14(17(15)19)12-21-10-9-20-11-16(21)13-5-2-1-3-6-13/h1-8,16,20H,9-12H2. The van der Waals surface area contributed by atoms with Gasteiger partial charge in [-0.15, -0.1) is 0 Å². The van der Waals surface area contributed by atoms with E-state index in [9.17, 15) is 4.39 Å². The molecule has 2 aromatic carbocycles. The summed E-state index contributed by atoms with van der Waals surface area (Å²) in [5, 5.41) is 3.61. The van der Waals surface area contributed by atoms with Crippen LogP contribution in [0.5, 0.6) is 0 Å². The maximum atomic E-state index is 14.1. The van der Waals surface area contributed by atoms with E-state index in [1.165, 1.54) is 5.56 Å². The molecule has 0 aliphatic carbocycles. The number of benzene rings is 2. The van der Waals surface area contributed by atoms with Gasteiger partial charge in [-0.1, -0.05) is 54.1 Å². The lowest BCUT2D eigenvalue weighted by Crippen LogP contribution is -2.45. The van der Waals surface area contributed by atoms with Crippen molar-refractivity contribution in [2.75, 3.05) is 19.6 Å². The fourth-order valence-electron chi connectivity index (χ4n) is 2.83. The molecule has 3 rings (SSSR count). The molecule has 1 atom stereocenters. The number of piperazine rings is 1. The highest BCUT2D eigenvalue weighted by Gasteiger charge is 2.24. The van der Waals surface area contributed by atoms with Crippen LogP contribution in [0.4, 0.5) is 4.39 Å². The minimum atomic E-state index is -0.301. The van der Waals surface area contributed by atoms with Gasteiger partial charge in [0.25, 0.3) is 0 Å². The molecule has 1 unspecified atom stereocenters. The topological polar surface area (TPSA) is 15.3 Å². The van der Waals surface area contributed by atoms with Gasteiger partial charge >= 0.3 is 0 Å². The second-order valence-electron chi connectivity index (χ2n) is 5.31. The first kappa shape index (κ1) is 14.5. The van der Waals surface area contributed by atoms with Gasteiger partial charge < -0.3 is 5.32 Å². The van der Waals surface area contributed by atoms with Crippen LogP contribution in [0, 0.1) is 5.82 Å². The van der Waals surface area contributed by atoms with E-state index in [1.54, 1.807) is 12.1 Å². The van der Waals surface area contributed by atoms with Crippen LogP contribution in [0.3, 0.4) is 0 Å². The second-order valence-corrected chi connectivity index (χ2v) is 5.72. The molecule has 1 fully saturated rings. The molecule has 0 bridgehead atoms. The molecule has 1 heterocycles.